The fourth-order valence-electron chi connectivity index (χ4n) is 1.48. The van der Waals surface area contributed by atoms with Crippen molar-refractivity contribution in [2.45, 2.75) is 0 Å². The van der Waals surface area contributed by atoms with E-state index in [1.165, 1.54) is 42.5 Å². The highest BCUT2D eigenvalue weighted by atomic mass is 16.6. The summed E-state index contributed by atoms with van der Waals surface area (Å²) in [5, 5.41) is 21.4. The Kier molecular flexibility index (Phi) is 3.37. The van der Waals surface area contributed by atoms with Crippen LogP contribution in [0.15, 0.2) is 48.5 Å². The van der Waals surface area contributed by atoms with Gasteiger partial charge in [-0.1, -0.05) is 18.2 Å². The second-order valence-corrected chi connectivity index (χ2v) is 3.58. The van der Waals surface area contributed by atoms with Gasteiger partial charge in [0.15, 0.2) is 0 Å². The third kappa shape index (κ3) is 2.83. The Labute approximate surface area is 107 Å². The van der Waals surface area contributed by atoms with Gasteiger partial charge in [-0.3, -0.25) is 20.2 Å². The number of nitrogens with zero attached hydrogens (tertiary/aromatic N) is 2. The van der Waals surface area contributed by atoms with Gasteiger partial charge in [-0.25, -0.2) is 0 Å². The first-order valence-corrected chi connectivity index (χ1v) is 5.23. The maximum Gasteiger partial charge on any atom is 0.311 e. The topological polar surface area (TPSA) is 95.5 Å². The van der Waals surface area contributed by atoms with Crippen LogP contribution in [0.1, 0.15) is 0 Å². The Morgan fingerprint density at radius 3 is 2.32 bits per heavy atom. The predicted octanol–water partition coefficient (Wildman–Crippen LogP) is 3.30. The zero-order valence-electron chi connectivity index (χ0n) is 9.55. The molecule has 0 fully saturated rings. The van der Waals surface area contributed by atoms with E-state index < -0.39 is 9.85 Å². The Morgan fingerprint density at radius 1 is 0.895 bits per heavy atom. The quantitative estimate of drug-likeness (QED) is 0.620. The zero-order valence-corrected chi connectivity index (χ0v) is 9.55. The summed E-state index contributed by atoms with van der Waals surface area (Å²) in [7, 11) is 0. The van der Waals surface area contributed by atoms with Crippen LogP contribution in [-0.4, -0.2) is 9.85 Å². The summed E-state index contributed by atoms with van der Waals surface area (Å²) in [6, 6.07) is 11.3. The molecule has 0 unspecified atom stereocenters. The van der Waals surface area contributed by atoms with Gasteiger partial charge in [0.2, 0.25) is 5.75 Å². The summed E-state index contributed by atoms with van der Waals surface area (Å²) in [6.07, 6.45) is 0. The highest BCUT2D eigenvalue weighted by Gasteiger charge is 2.15. The molecule has 0 heterocycles. The van der Waals surface area contributed by atoms with Crippen LogP contribution in [0.3, 0.4) is 0 Å². The molecule has 0 atom stereocenters. The number of hydrogen-bond donors (Lipinski definition) is 0. The molecule has 96 valence electrons. The van der Waals surface area contributed by atoms with Crippen molar-refractivity contribution >= 4 is 11.4 Å². The maximum absolute atomic E-state index is 10.8. The molecule has 2 aromatic rings. The van der Waals surface area contributed by atoms with Crippen molar-refractivity contribution in [3.63, 3.8) is 0 Å². The summed E-state index contributed by atoms with van der Waals surface area (Å²) in [4.78, 5) is 20.3. The average Bonchev–Trinajstić information content (AvgIpc) is 2.39. The van der Waals surface area contributed by atoms with Crippen LogP contribution in [0.25, 0.3) is 0 Å². The molecule has 7 nitrogen and oxygen atoms in total. The number of hydrogen-bond acceptors (Lipinski definition) is 5. The lowest BCUT2D eigenvalue weighted by Gasteiger charge is -2.05. The molecule has 0 radical (unpaired) electrons. The number of nitro benzene ring substituents is 2. The van der Waals surface area contributed by atoms with Crippen molar-refractivity contribution in [1.82, 2.24) is 0 Å². The van der Waals surface area contributed by atoms with E-state index in [2.05, 4.69) is 0 Å². The second kappa shape index (κ2) is 5.13. The highest BCUT2D eigenvalue weighted by Crippen LogP contribution is 2.31. The van der Waals surface area contributed by atoms with Crippen molar-refractivity contribution < 1.29 is 14.6 Å². The zero-order chi connectivity index (χ0) is 13.8. The molecular formula is C12H8N2O5. The fourth-order valence-corrected chi connectivity index (χ4v) is 1.48. The number of para-hydroxylation sites is 2. The first kappa shape index (κ1) is 12.5. The smallest absolute Gasteiger partial charge is 0.311 e. The van der Waals surface area contributed by atoms with E-state index in [0.717, 1.165) is 0 Å². The van der Waals surface area contributed by atoms with E-state index in [-0.39, 0.29) is 22.9 Å². The summed E-state index contributed by atoms with van der Waals surface area (Å²) >= 11 is 0. The molecule has 2 rings (SSSR count). The van der Waals surface area contributed by atoms with Crippen LogP contribution in [-0.2, 0) is 0 Å². The summed E-state index contributed by atoms with van der Waals surface area (Å²) in [5.41, 5.74) is -0.343. The number of rotatable bonds is 4. The van der Waals surface area contributed by atoms with E-state index in [9.17, 15) is 20.2 Å². The van der Waals surface area contributed by atoms with Crippen molar-refractivity contribution in [3.8, 4) is 11.5 Å². The first-order valence-electron chi connectivity index (χ1n) is 5.23. The minimum absolute atomic E-state index is 0.0352. The molecule has 0 aliphatic carbocycles. The van der Waals surface area contributed by atoms with Gasteiger partial charge in [0.05, 0.1) is 15.9 Å². The number of benzene rings is 2. The van der Waals surface area contributed by atoms with E-state index in [4.69, 9.17) is 4.74 Å². The van der Waals surface area contributed by atoms with Crippen LogP contribution in [0.2, 0.25) is 0 Å². The molecule has 2 aromatic carbocycles. The molecule has 0 bridgehead atoms. The molecule has 0 aliphatic rings. The lowest BCUT2D eigenvalue weighted by atomic mass is 10.3. The van der Waals surface area contributed by atoms with Gasteiger partial charge in [-0.15, -0.1) is 0 Å². The van der Waals surface area contributed by atoms with Crippen molar-refractivity contribution in [1.29, 1.82) is 0 Å². The Balaban J connectivity index is 2.34. The number of ether oxygens (including phenoxy) is 1. The fraction of sp³-hybridized carbons (Fsp3) is 0. The summed E-state index contributed by atoms with van der Waals surface area (Å²) < 4.78 is 5.32. The molecule has 7 heteroatoms. The Bertz CT molecular complexity index is 642. The monoisotopic (exact) mass is 260 g/mol. The van der Waals surface area contributed by atoms with Gasteiger partial charge in [-0.05, 0) is 12.1 Å². The molecule has 0 saturated heterocycles. The molecule has 19 heavy (non-hydrogen) atoms. The molecular weight excluding hydrogens is 252 g/mol. The Hall–Kier alpha value is -2.96. The third-order valence-electron chi connectivity index (χ3n) is 2.32. The number of non-ortho nitro benzene ring substituents is 1. The normalized spacial score (nSPS) is 9.89. The van der Waals surface area contributed by atoms with Crippen LogP contribution >= 0.6 is 0 Å². The van der Waals surface area contributed by atoms with Gasteiger partial charge in [0.1, 0.15) is 5.75 Å². The summed E-state index contributed by atoms with van der Waals surface area (Å²) in [6.45, 7) is 0. The van der Waals surface area contributed by atoms with Gasteiger partial charge in [0.25, 0.3) is 5.69 Å². The van der Waals surface area contributed by atoms with E-state index in [0.29, 0.717) is 0 Å². The van der Waals surface area contributed by atoms with E-state index in [1.54, 1.807) is 6.07 Å². The first-order chi connectivity index (χ1) is 9.08. The van der Waals surface area contributed by atoms with E-state index >= 15 is 0 Å². The molecule has 0 saturated carbocycles. The second-order valence-electron chi connectivity index (χ2n) is 3.58. The van der Waals surface area contributed by atoms with Gasteiger partial charge in [0, 0.05) is 12.1 Å². The SMILES string of the molecule is O=[N+]([O-])c1cccc(Oc2ccccc2[N+](=O)[O-])c1. The average molecular weight is 260 g/mol. The maximum atomic E-state index is 10.8. The lowest BCUT2D eigenvalue weighted by Crippen LogP contribution is -1.93. The largest absolute Gasteiger partial charge is 0.450 e. The minimum atomic E-state index is -0.577. The predicted molar refractivity (Wildman–Crippen MR) is 66.3 cm³/mol. The van der Waals surface area contributed by atoms with Gasteiger partial charge >= 0.3 is 5.69 Å². The van der Waals surface area contributed by atoms with Crippen LogP contribution < -0.4 is 4.74 Å². The summed E-state index contributed by atoms with van der Waals surface area (Å²) in [5.74, 6) is 0.205. The third-order valence-corrected chi connectivity index (χ3v) is 2.32. The van der Waals surface area contributed by atoms with E-state index in [1.807, 2.05) is 0 Å². The minimum Gasteiger partial charge on any atom is -0.450 e. The van der Waals surface area contributed by atoms with Crippen molar-refractivity contribution in [2.24, 2.45) is 0 Å². The molecule has 0 amide bonds. The lowest BCUT2D eigenvalue weighted by molar-refractivity contribution is -0.386. The highest BCUT2D eigenvalue weighted by molar-refractivity contribution is 5.49. The Morgan fingerprint density at radius 2 is 1.63 bits per heavy atom. The molecule has 0 aliphatic heterocycles. The number of nitro groups is 2. The molecule has 0 aromatic heterocycles. The van der Waals surface area contributed by atoms with Crippen molar-refractivity contribution in [2.75, 3.05) is 0 Å². The van der Waals surface area contributed by atoms with Crippen molar-refractivity contribution in [3.05, 3.63) is 68.8 Å². The standard InChI is InChI=1S/C12H8N2O5/c15-13(16)9-4-3-5-10(8-9)19-12-7-2-1-6-11(12)14(17)18/h1-8H. The van der Waals surface area contributed by atoms with Crippen LogP contribution in [0.5, 0.6) is 11.5 Å². The van der Waals surface area contributed by atoms with Crippen LogP contribution in [0.4, 0.5) is 11.4 Å². The molecule has 0 spiro atoms. The molecule has 0 N–H and O–H groups in total. The van der Waals surface area contributed by atoms with Gasteiger partial charge in [-0.2, -0.15) is 0 Å². The van der Waals surface area contributed by atoms with Gasteiger partial charge < -0.3 is 4.74 Å². The van der Waals surface area contributed by atoms with Crippen LogP contribution in [0, 0.1) is 20.2 Å².